The Hall–Kier alpha value is -1.39. The maximum atomic E-state index is 11.9. The van der Waals surface area contributed by atoms with Gasteiger partial charge in [-0.15, -0.1) is 5.06 Å². The van der Waals surface area contributed by atoms with E-state index in [0.29, 0.717) is 25.1 Å². The smallest absolute Gasteiger partial charge is 0.357 e. The average molecular weight is 237 g/mol. The van der Waals surface area contributed by atoms with Crippen molar-refractivity contribution >= 4 is 5.97 Å². The van der Waals surface area contributed by atoms with E-state index in [4.69, 9.17) is 9.94 Å². The Balaban J connectivity index is 2.80. The SMILES string of the molecule is CCN(CC)OC(=O)c1ccccc1CCO. The van der Waals surface area contributed by atoms with Crippen LogP contribution in [-0.4, -0.2) is 35.8 Å². The molecular formula is C13H19NO3. The Morgan fingerprint density at radius 2 is 1.94 bits per heavy atom. The van der Waals surface area contributed by atoms with Crippen LogP contribution in [0, 0.1) is 0 Å². The highest BCUT2D eigenvalue weighted by atomic mass is 16.7. The number of aliphatic hydroxyl groups is 1. The zero-order valence-corrected chi connectivity index (χ0v) is 10.3. The van der Waals surface area contributed by atoms with E-state index in [0.717, 1.165) is 5.56 Å². The Morgan fingerprint density at radius 3 is 2.53 bits per heavy atom. The van der Waals surface area contributed by atoms with E-state index < -0.39 is 0 Å². The van der Waals surface area contributed by atoms with E-state index in [2.05, 4.69) is 0 Å². The minimum absolute atomic E-state index is 0.0234. The molecule has 1 N–H and O–H groups in total. The van der Waals surface area contributed by atoms with Crippen molar-refractivity contribution in [1.29, 1.82) is 0 Å². The summed E-state index contributed by atoms with van der Waals surface area (Å²) in [5.74, 6) is -0.363. The molecule has 1 rings (SSSR count). The molecule has 0 aromatic heterocycles. The quantitative estimate of drug-likeness (QED) is 0.764. The highest BCUT2D eigenvalue weighted by Crippen LogP contribution is 2.11. The Labute approximate surface area is 102 Å². The molecule has 1 aromatic rings. The second-order valence-corrected chi connectivity index (χ2v) is 3.62. The minimum atomic E-state index is -0.363. The van der Waals surface area contributed by atoms with E-state index in [1.807, 2.05) is 26.0 Å². The van der Waals surface area contributed by atoms with Gasteiger partial charge in [0.15, 0.2) is 0 Å². The zero-order valence-electron chi connectivity index (χ0n) is 10.3. The van der Waals surface area contributed by atoms with Crippen molar-refractivity contribution in [3.8, 4) is 0 Å². The summed E-state index contributed by atoms with van der Waals surface area (Å²) in [6, 6.07) is 7.19. The molecule has 0 fully saturated rings. The lowest BCUT2D eigenvalue weighted by Gasteiger charge is -2.18. The summed E-state index contributed by atoms with van der Waals surface area (Å²) in [5, 5.41) is 10.5. The number of aliphatic hydroxyl groups excluding tert-OH is 1. The molecule has 0 aliphatic heterocycles. The maximum Gasteiger partial charge on any atom is 0.357 e. The molecule has 1 aromatic carbocycles. The predicted octanol–water partition coefficient (Wildman–Crippen LogP) is 1.64. The van der Waals surface area contributed by atoms with Crippen LogP contribution in [-0.2, 0) is 11.3 Å². The third-order valence-electron chi connectivity index (χ3n) is 2.54. The van der Waals surface area contributed by atoms with Crippen molar-refractivity contribution < 1.29 is 14.7 Å². The first kappa shape index (κ1) is 13.7. The van der Waals surface area contributed by atoms with Crippen LogP contribution in [0.25, 0.3) is 0 Å². The first-order valence-electron chi connectivity index (χ1n) is 5.88. The van der Waals surface area contributed by atoms with Gasteiger partial charge in [0.05, 0.1) is 5.56 Å². The van der Waals surface area contributed by atoms with Gasteiger partial charge in [-0.3, -0.25) is 0 Å². The van der Waals surface area contributed by atoms with Gasteiger partial charge in [-0.1, -0.05) is 18.2 Å². The van der Waals surface area contributed by atoms with E-state index in [1.165, 1.54) is 0 Å². The number of nitrogens with zero attached hydrogens (tertiary/aromatic N) is 1. The molecule has 17 heavy (non-hydrogen) atoms. The molecule has 0 amide bonds. The highest BCUT2D eigenvalue weighted by molar-refractivity contribution is 5.90. The standard InChI is InChI=1S/C13H19NO3/c1-3-14(4-2)17-13(16)12-8-6-5-7-11(12)9-10-15/h5-8,15H,3-4,9-10H2,1-2H3. The van der Waals surface area contributed by atoms with E-state index in [9.17, 15) is 4.79 Å². The van der Waals surface area contributed by atoms with Crippen molar-refractivity contribution in [2.75, 3.05) is 19.7 Å². The molecule has 0 atom stereocenters. The molecule has 4 nitrogen and oxygen atoms in total. The van der Waals surface area contributed by atoms with Crippen LogP contribution in [0.3, 0.4) is 0 Å². The van der Waals surface area contributed by atoms with Crippen LogP contribution in [0.2, 0.25) is 0 Å². The fourth-order valence-corrected chi connectivity index (χ4v) is 1.58. The zero-order chi connectivity index (χ0) is 12.7. The molecule has 0 heterocycles. The van der Waals surface area contributed by atoms with Crippen molar-refractivity contribution in [3.63, 3.8) is 0 Å². The Morgan fingerprint density at radius 1 is 1.29 bits per heavy atom. The van der Waals surface area contributed by atoms with Crippen molar-refractivity contribution in [3.05, 3.63) is 35.4 Å². The average Bonchev–Trinajstić information content (AvgIpc) is 2.36. The van der Waals surface area contributed by atoms with Crippen molar-refractivity contribution in [1.82, 2.24) is 5.06 Å². The minimum Gasteiger partial charge on any atom is -0.396 e. The summed E-state index contributed by atoms with van der Waals surface area (Å²) in [6.45, 7) is 5.19. The highest BCUT2D eigenvalue weighted by Gasteiger charge is 2.14. The van der Waals surface area contributed by atoms with Crippen molar-refractivity contribution in [2.45, 2.75) is 20.3 Å². The normalized spacial score (nSPS) is 10.6. The Kier molecular flexibility index (Phi) is 5.66. The summed E-state index contributed by atoms with van der Waals surface area (Å²) in [5.41, 5.74) is 1.33. The second-order valence-electron chi connectivity index (χ2n) is 3.62. The molecule has 4 heteroatoms. The first-order chi connectivity index (χ1) is 8.22. The van der Waals surface area contributed by atoms with Crippen LogP contribution in [0.4, 0.5) is 0 Å². The van der Waals surface area contributed by atoms with Crippen LogP contribution in [0.5, 0.6) is 0 Å². The van der Waals surface area contributed by atoms with Gasteiger partial charge < -0.3 is 9.94 Å². The topological polar surface area (TPSA) is 49.8 Å². The second kappa shape index (κ2) is 7.04. The lowest BCUT2D eigenvalue weighted by atomic mass is 10.1. The fraction of sp³-hybridized carbons (Fsp3) is 0.462. The van der Waals surface area contributed by atoms with Crippen LogP contribution in [0.15, 0.2) is 24.3 Å². The van der Waals surface area contributed by atoms with Crippen LogP contribution >= 0.6 is 0 Å². The predicted molar refractivity (Wildman–Crippen MR) is 65.6 cm³/mol. The largest absolute Gasteiger partial charge is 0.396 e. The summed E-state index contributed by atoms with van der Waals surface area (Å²) in [7, 11) is 0. The lowest BCUT2D eigenvalue weighted by Crippen LogP contribution is -2.27. The first-order valence-corrected chi connectivity index (χ1v) is 5.88. The fourth-order valence-electron chi connectivity index (χ4n) is 1.58. The summed E-state index contributed by atoms with van der Waals surface area (Å²) < 4.78 is 0. The Bertz CT molecular complexity index is 361. The van der Waals surface area contributed by atoms with Gasteiger partial charge >= 0.3 is 5.97 Å². The van der Waals surface area contributed by atoms with Gasteiger partial charge in [-0.2, -0.15) is 0 Å². The molecule has 0 saturated carbocycles. The van der Waals surface area contributed by atoms with Crippen LogP contribution < -0.4 is 0 Å². The van der Waals surface area contributed by atoms with Crippen molar-refractivity contribution in [2.24, 2.45) is 0 Å². The number of hydrogen-bond acceptors (Lipinski definition) is 4. The molecular weight excluding hydrogens is 218 g/mol. The van der Waals surface area contributed by atoms with E-state index in [-0.39, 0.29) is 12.6 Å². The van der Waals surface area contributed by atoms with Gasteiger partial charge in [-0.05, 0) is 31.9 Å². The third-order valence-corrected chi connectivity index (χ3v) is 2.54. The molecule has 0 saturated heterocycles. The number of hydrogen-bond donors (Lipinski definition) is 1. The lowest BCUT2D eigenvalue weighted by molar-refractivity contribution is -0.103. The van der Waals surface area contributed by atoms with Crippen LogP contribution in [0.1, 0.15) is 29.8 Å². The molecule has 0 bridgehead atoms. The molecule has 0 spiro atoms. The van der Waals surface area contributed by atoms with Gasteiger partial charge in [-0.25, -0.2) is 4.79 Å². The molecule has 0 aliphatic carbocycles. The summed E-state index contributed by atoms with van der Waals surface area (Å²) in [4.78, 5) is 17.2. The molecule has 0 unspecified atom stereocenters. The number of carbonyl (C=O) groups excluding carboxylic acids is 1. The summed E-state index contributed by atoms with van der Waals surface area (Å²) in [6.07, 6.45) is 0.462. The third kappa shape index (κ3) is 3.84. The number of hydroxylamine groups is 2. The molecule has 94 valence electrons. The number of benzene rings is 1. The van der Waals surface area contributed by atoms with Gasteiger partial charge in [0.1, 0.15) is 0 Å². The molecule has 0 radical (unpaired) electrons. The van der Waals surface area contributed by atoms with E-state index in [1.54, 1.807) is 17.2 Å². The summed E-state index contributed by atoms with van der Waals surface area (Å²) >= 11 is 0. The van der Waals surface area contributed by atoms with Gasteiger partial charge in [0.25, 0.3) is 0 Å². The van der Waals surface area contributed by atoms with E-state index >= 15 is 0 Å². The number of carbonyl (C=O) groups is 1. The van der Waals surface area contributed by atoms with Gasteiger partial charge in [0, 0.05) is 19.7 Å². The van der Waals surface area contributed by atoms with Gasteiger partial charge in [0.2, 0.25) is 0 Å². The maximum absolute atomic E-state index is 11.9. The molecule has 0 aliphatic rings. The monoisotopic (exact) mass is 237 g/mol. The number of rotatable bonds is 6.